The predicted molar refractivity (Wildman–Crippen MR) is 113 cm³/mol. The molecule has 2 heterocycles. The molecule has 0 radical (unpaired) electrons. The van der Waals surface area contributed by atoms with Gasteiger partial charge in [0, 0.05) is 45.2 Å². The SMILES string of the molecule is COC(=O)N1CCCN(C(=O)C2CCN(S(=O)(=O)c3c(Cl)cccc3Cl)CC2)CC1. The number of halogens is 2. The Labute approximate surface area is 186 Å². The summed E-state index contributed by atoms with van der Waals surface area (Å²) in [7, 11) is -2.50. The van der Waals surface area contributed by atoms with Gasteiger partial charge >= 0.3 is 6.09 Å². The van der Waals surface area contributed by atoms with Gasteiger partial charge in [0.05, 0.1) is 17.2 Å². The number of nitrogens with zero attached hydrogens (tertiary/aromatic N) is 3. The molecular weight excluding hydrogens is 453 g/mol. The van der Waals surface area contributed by atoms with E-state index in [2.05, 4.69) is 0 Å². The number of piperidine rings is 1. The van der Waals surface area contributed by atoms with Crippen molar-refractivity contribution in [3.05, 3.63) is 28.2 Å². The number of carbonyl (C=O) groups is 2. The van der Waals surface area contributed by atoms with Crippen LogP contribution in [0.2, 0.25) is 10.0 Å². The van der Waals surface area contributed by atoms with Crippen LogP contribution in [0.5, 0.6) is 0 Å². The topological polar surface area (TPSA) is 87.2 Å². The van der Waals surface area contributed by atoms with Crippen molar-refractivity contribution >= 4 is 45.2 Å². The molecule has 8 nitrogen and oxygen atoms in total. The summed E-state index contributed by atoms with van der Waals surface area (Å²) in [4.78, 5) is 27.9. The number of ether oxygens (including phenoxy) is 1. The molecule has 2 saturated heterocycles. The molecule has 2 aliphatic heterocycles. The lowest BCUT2D eigenvalue weighted by atomic mass is 9.96. The third-order valence-corrected chi connectivity index (χ3v) is 8.42. The number of methoxy groups -OCH3 is 1. The molecule has 11 heteroatoms. The Kier molecular flexibility index (Phi) is 7.49. The number of hydrogen-bond acceptors (Lipinski definition) is 5. The Balaban J connectivity index is 1.61. The van der Waals surface area contributed by atoms with Crippen molar-refractivity contribution in [1.82, 2.24) is 14.1 Å². The van der Waals surface area contributed by atoms with Gasteiger partial charge in [0.25, 0.3) is 0 Å². The molecule has 3 rings (SSSR count). The minimum Gasteiger partial charge on any atom is -0.453 e. The van der Waals surface area contributed by atoms with Crippen LogP contribution < -0.4 is 0 Å². The second-order valence-electron chi connectivity index (χ2n) is 7.37. The maximum absolute atomic E-state index is 13.0. The molecule has 0 aliphatic carbocycles. The molecule has 0 N–H and O–H groups in total. The normalized spacial score (nSPS) is 19.4. The lowest BCUT2D eigenvalue weighted by molar-refractivity contribution is -0.136. The molecule has 0 bridgehead atoms. The van der Waals surface area contributed by atoms with E-state index in [1.165, 1.54) is 23.5 Å². The average Bonchev–Trinajstić information content (AvgIpc) is 2.99. The molecule has 2 fully saturated rings. The van der Waals surface area contributed by atoms with Gasteiger partial charge in [0.2, 0.25) is 15.9 Å². The standard InChI is InChI=1S/C19H25Cl2N3O5S/c1-29-19(26)23-9-3-8-22(12-13-23)18(25)14-6-10-24(11-7-14)30(27,28)17-15(20)4-2-5-16(17)21/h2,4-5,14H,3,6-13H2,1H3. The van der Waals surface area contributed by atoms with Gasteiger partial charge in [0.1, 0.15) is 4.90 Å². The minimum atomic E-state index is -3.84. The van der Waals surface area contributed by atoms with Gasteiger partial charge in [-0.1, -0.05) is 29.3 Å². The summed E-state index contributed by atoms with van der Waals surface area (Å²) in [5.41, 5.74) is 0. The van der Waals surface area contributed by atoms with Crippen LogP contribution in [0.15, 0.2) is 23.1 Å². The number of amides is 2. The Morgan fingerprint density at radius 1 is 0.967 bits per heavy atom. The highest BCUT2D eigenvalue weighted by Crippen LogP contribution is 2.33. The maximum atomic E-state index is 13.0. The van der Waals surface area contributed by atoms with Crippen molar-refractivity contribution < 1.29 is 22.7 Å². The van der Waals surface area contributed by atoms with Crippen LogP contribution in [-0.2, 0) is 19.6 Å². The molecule has 0 spiro atoms. The first-order chi connectivity index (χ1) is 14.3. The summed E-state index contributed by atoms with van der Waals surface area (Å²) in [6.07, 6.45) is 1.15. The predicted octanol–water partition coefficient (Wildman–Crippen LogP) is 2.69. The van der Waals surface area contributed by atoms with E-state index in [0.29, 0.717) is 45.4 Å². The van der Waals surface area contributed by atoms with Crippen LogP contribution in [0.25, 0.3) is 0 Å². The van der Waals surface area contributed by atoms with E-state index >= 15 is 0 Å². The Morgan fingerprint density at radius 3 is 2.13 bits per heavy atom. The zero-order valence-electron chi connectivity index (χ0n) is 16.7. The number of rotatable bonds is 3. The molecule has 2 amide bonds. The van der Waals surface area contributed by atoms with E-state index in [1.807, 2.05) is 0 Å². The Morgan fingerprint density at radius 2 is 1.53 bits per heavy atom. The number of carbonyl (C=O) groups excluding carboxylic acids is 2. The van der Waals surface area contributed by atoms with Crippen LogP contribution in [0.4, 0.5) is 4.79 Å². The molecule has 0 saturated carbocycles. The fourth-order valence-electron chi connectivity index (χ4n) is 3.91. The van der Waals surface area contributed by atoms with Crippen molar-refractivity contribution in [3.8, 4) is 0 Å². The van der Waals surface area contributed by atoms with E-state index in [0.717, 1.165) is 0 Å². The Bertz CT molecular complexity index is 883. The second-order valence-corrected chi connectivity index (χ2v) is 10.1. The van der Waals surface area contributed by atoms with E-state index in [1.54, 1.807) is 15.9 Å². The smallest absolute Gasteiger partial charge is 0.409 e. The zero-order valence-corrected chi connectivity index (χ0v) is 19.0. The molecule has 2 aliphatic rings. The first-order valence-corrected chi connectivity index (χ1v) is 12.0. The molecular formula is C19H25Cl2N3O5S. The Hall–Kier alpha value is -1.55. The highest BCUT2D eigenvalue weighted by atomic mass is 35.5. The quantitative estimate of drug-likeness (QED) is 0.667. The number of hydrogen-bond donors (Lipinski definition) is 0. The summed E-state index contributed by atoms with van der Waals surface area (Å²) in [5, 5.41) is 0.167. The van der Waals surface area contributed by atoms with Crippen molar-refractivity contribution in [2.45, 2.75) is 24.2 Å². The van der Waals surface area contributed by atoms with Crippen LogP contribution in [-0.4, -0.2) is 80.9 Å². The van der Waals surface area contributed by atoms with Crippen LogP contribution in [0, 0.1) is 5.92 Å². The highest BCUT2D eigenvalue weighted by Gasteiger charge is 2.36. The lowest BCUT2D eigenvalue weighted by Crippen LogP contribution is -2.45. The first kappa shape index (κ1) is 23.1. The van der Waals surface area contributed by atoms with E-state index in [9.17, 15) is 18.0 Å². The third-order valence-electron chi connectivity index (χ3n) is 5.56. The van der Waals surface area contributed by atoms with Crippen molar-refractivity contribution in [1.29, 1.82) is 0 Å². The third kappa shape index (κ3) is 4.85. The van der Waals surface area contributed by atoms with Gasteiger partial charge in [-0.05, 0) is 31.4 Å². The summed E-state index contributed by atoms with van der Waals surface area (Å²) in [6.45, 7) is 2.44. The van der Waals surface area contributed by atoms with Crippen molar-refractivity contribution in [3.63, 3.8) is 0 Å². The van der Waals surface area contributed by atoms with Gasteiger partial charge in [-0.15, -0.1) is 0 Å². The number of sulfonamides is 1. The molecule has 0 atom stereocenters. The monoisotopic (exact) mass is 477 g/mol. The summed E-state index contributed by atoms with van der Waals surface area (Å²) in [6, 6.07) is 4.58. The molecule has 1 aromatic rings. The van der Waals surface area contributed by atoms with Gasteiger partial charge in [-0.25, -0.2) is 13.2 Å². The summed E-state index contributed by atoms with van der Waals surface area (Å²) in [5.74, 6) is -0.239. The maximum Gasteiger partial charge on any atom is 0.409 e. The minimum absolute atomic E-state index is 0.00883. The molecule has 1 aromatic carbocycles. The fraction of sp³-hybridized carbons (Fsp3) is 0.579. The second kappa shape index (κ2) is 9.72. The van der Waals surface area contributed by atoms with Crippen molar-refractivity contribution in [2.75, 3.05) is 46.4 Å². The van der Waals surface area contributed by atoms with Crippen LogP contribution >= 0.6 is 23.2 Å². The van der Waals surface area contributed by atoms with Crippen molar-refractivity contribution in [2.24, 2.45) is 5.92 Å². The highest BCUT2D eigenvalue weighted by molar-refractivity contribution is 7.89. The van der Waals surface area contributed by atoms with Crippen LogP contribution in [0.3, 0.4) is 0 Å². The van der Waals surface area contributed by atoms with E-state index in [4.69, 9.17) is 27.9 Å². The first-order valence-electron chi connectivity index (χ1n) is 9.81. The van der Waals surface area contributed by atoms with Gasteiger partial charge in [-0.2, -0.15) is 4.31 Å². The lowest BCUT2D eigenvalue weighted by Gasteiger charge is -2.33. The summed E-state index contributed by atoms with van der Waals surface area (Å²) >= 11 is 12.2. The fourth-order valence-corrected chi connectivity index (χ4v) is 6.47. The van der Waals surface area contributed by atoms with Gasteiger partial charge in [-0.3, -0.25) is 4.79 Å². The van der Waals surface area contributed by atoms with Crippen LogP contribution in [0.1, 0.15) is 19.3 Å². The zero-order chi connectivity index (χ0) is 21.9. The molecule has 0 aromatic heterocycles. The molecule has 30 heavy (non-hydrogen) atoms. The van der Waals surface area contributed by atoms with E-state index < -0.39 is 10.0 Å². The van der Waals surface area contributed by atoms with Gasteiger partial charge < -0.3 is 14.5 Å². The molecule has 166 valence electrons. The summed E-state index contributed by atoms with van der Waals surface area (Å²) < 4.78 is 32.1. The molecule has 0 unspecified atom stereocenters. The average molecular weight is 478 g/mol. The number of benzene rings is 1. The van der Waals surface area contributed by atoms with E-state index in [-0.39, 0.29) is 45.9 Å². The largest absolute Gasteiger partial charge is 0.453 e. The van der Waals surface area contributed by atoms with Gasteiger partial charge in [0.15, 0.2) is 0 Å².